The predicted molar refractivity (Wildman–Crippen MR) is 90.7 cm³/mol. The van der Waals surface area contributed by atoms with Crippen molar-refractivity contribution < 1.29 is 0 Å². The molecule has 0 spiro atoms. The van der Waals surface area contributed by atoms with Gasteiger partial charge in [0.2, 0.25) is 0 Å². The van der Waals surface area contributed by atoms with Crippen molar-refractivity contribution >= 4 is 34.4 Å². The van der Waals surface area contributed by atoms with Crippen LogP contribution in [0, 0.1) is 6.92 Å². The molecule has 3 nitrogen and oxygen atoms in total. The van der Waals surface area contributed by atoms with E-state index in [1.807, 2.05) is 26.1 Å². The molecule has 2 rings (SSSR count). The predicted octanol–water partition coefficient (Wildman–Crippen LogP) is 3.15. The second-order valence-corrected chi connectivity index (χ2v) is 6.40. The van der Waals surface area contributed by atoms with E-state index in [2.05, 4.69) is 34.3 Å². The third-order valence-electron chi connectivity index (χ3n) is 3.35. The molecule has 1 unspecified atom stereocenters. The number of hydrogen-bond acceptors (Lipinski definition) is 4. The molecule has 0 bridgehead atoms. The maximum atomic E-state index is 5.81. The normalized spacial score (nSPS) is 12.2. The van der Waals surface area contributed by atoms with E-state index in [9.17, 15) is 0 Å². The molecule has 0 aliphatic rings. The molecule has 5 heteroatoms. The van der Waals surface area contributed by atoms with Crippen molar-refractivity contribution in [1.82, 2.24) is 4.98 Å². The van der Waals surface area contributed by atoms with Crippen molar-refractivity contribution in [2.24, 2.45) is 5.73 Å². The lowest BCUT2D eigenvalue weighted by molar-refractivity contribution is 0.679. The van der Waals surface area contributed by atoms with Crippen molar-refractivity contribution in [3.8, 4) is 0 Å². The zero-order valence-electron chi connectivity index (χ0n) is 12.0. The highest BCUT2D eigenvalue weighted by Crippen LogP contribution is 2.22. The highest BCUT2D eigenvalue weighted by Gasteiger charge is 2.17. The molecule has 2 N–H and O–H groups in total. The van der Waals surface area contributed by atoms with Crippen LogP contribution in [-0.4, -0.2) is 23.1 Å². The fourth-order valence-electron chi connectivity index (χ4n) is 2.07. The van der Waals surface area contributed by atoms with Crippen LogP contribution in [0.15, 0.2) is 29.6 Å². The van der Waals surface area contributed by atoms with Crippen LogP contribution >= 0.6 is 23.6 Å². The minimum Gasteiger partial charge on any atom is -0.389 e. The van der Waals surface area contributed by atoms with E-state index in [0.29, 0.717) is 11.0 Å². The first-order chi connectivity index (χ1) is 9.49. The quantitative estimate of drug-likeness (QED) is 0.862. The highest BCUT2D eigenvalue weighted by molar-refractivity contribution is 7.80. The Morgan fingerprint density at radius 2 is 2.20 bits per heavy atom. The molecule has 2 aromatic rings. The van der Waals surface area contributed by atoms with Crippen LogP contribution in [0.5, 0.6) is 0 Å². The molecule has 0 aliphatic carbocycles. The van der Waals surface area contributed by atoms with E-state index in [4.69, 9.17) is 18.0 Å². The number of nitrogens with zero attached hydrogens (tertiary/aromatic N) is 2. The summed E-state index contributed by atoms with van der Waals surface area (Å²) in [6.45, 7) is 4.16. The van der Waals surface area contributed by atoms with Crippen LogP contribution in [0.2, 0.25) is 0 Å². The summed E-state index contributed by atoms with van der Waals surface area (Å²) in [5.41, 5.74) is 7.61. The summed E-state index contributed by atoms with van der Waals surface area (Å²) < 4.78 is 0. The van der Waals surface area contributed by atoms with Gasteiger partial charge in [-0.1, -0.05) is 18.3 Å². The molecule has 0 fully saturated rings. The van der Waals surface area contributed by atoms with Gasteiger partial charge in [-0.2, -0.15) is 0 Å². The van der Waals surface area contributed by atoms with Crippen LogP contribution in [0.3, 0.4) is 0 Å². The van der Waals surface area contributed by atoms with Crippen molar-refractivity contribution in [1.29, 1.82) is 0 Å². The number of thiocarbonyl (C=S) groups is 1. The zero-order valence-corrected chi connectivity index (χ0v) is 13.6. The first kappa shape index (κ1) is 14.9. The van der Waals surface area contributed by atoms with E-state index in [1.165, 1.54) is 4.88 Å². The minimum atomic E-state index is 0.330. The van der Waals surface area contributed by atoms with Gasteiger partial charge in [0, 0.05) is 30.1 Å². The lowest BCUT2D eigenvalue weighted by atomic mass is 10.1. The number of rotatable bonds is 5. The van der Waals surface area contributed by atoms with E-state index in [-0.39, 0.29) is 0 Å². The molecule has 0 aliphatic heterocycles. The number of pyridine rings is 1. The third-order valence-corrected chi connectivity index (χ3v) is 4.47. The molecule has 0 saturated heterocycles. The Bertz CT molecular complexity index is 593. The lowest BCUT2D eigenvalue weighted by Crippen LogP contribution is -2.33. The Balaban J connectivity index is 2.25. The monoisotopic (exact) mass is 305 g/mol. The van der Waals surface area contributed by atoms with Crippen molar-refractivity contribution in [3.63, 3.8) is 0 Å². The summed E-state index contributed by atoms with van der Waals surface area (Å²) in [5, 5.41) is 2.10. The second kappa shape index (κ2) is 6.33. The summed E-state index contributed by atoms with van der Waals surface area (Å²) in [4.78, 5) is 8.52. The van der Waals surface area contributed by atoms with Gasteiger partial charge in [-0.05, 0) is 37.4 Å². The van der Waals surface area contributed by atoms with E-state index < -0.39 is 0 Å². The molecule has 0 amide bonds. The van der Waals surface area contributed by atoms with Crippen molar-refractivity contribution in [3.05, 3.63) is 45.8 Å². The molecule has 2 heterocycles. The number of likely N-dealkylation sites (N-methyl/N-ethyl adjacent to an activating group) is 1. The molecule has 1 atom stereocenters. The Labute approximate surface area is 129 Å². The van der Waals surface area contributed by atoms with Crippen LogP contribution in [-0.2, 0) is 6.42 Å². The number of hydrogen-bond donors (Lipinski definition) is 1. The van der Waals surface area contributed by atoms with Gasteiger partial charge in [-0.25, -0.2) is 4.98 Å². The smallest absolute Gasteiger partial charge is 0.139 e. The van der Waals surface area contributed by atoms with Crippen LogP contribution < -0.4 is 10.6 Å². The summed E-state index contributed by atoms with van der Waals surface area (Å²) in [6.07, 6.45) is 0.987. The highest BCUT2D eigenvalue weighted by atomic mass is 32.1. The maximum Gasteiger partial charge on any atom is 0.139 e. The zero-order chi connectivity index (χ0) is 14.7. The number of nitrogens with two attached hydrogens (primary N) is 1. The molecule has 0 saturated carbocycles. The second-order valence-electron chi connectivity index (χ2n) is 4.93. The number of thiophene rings is 1. The van der Waals surface area contributed by atoms with Gasteiger partial charge in [-0.15, -0.1) is 11.3 Å². The van der Waals surface area contributed by atoms with Gasteiger partial charge in [-0.3, -0.25) is 0 Å². The largest absolute Gasteiger partial charge is 0.389 e. The fourth-order valence-corrected chi connectivity index (χ4v) is 3.06. The third kappa shape index (κ3) is 3.35. The van der Waals surface area contributed by atoms with E-state index in [0.717, 1.165) is 23.5 Å². The molecule has 20 heavy (non-hydrogen) atoms. The number of aryl methyl sites for hydroxylation is 1. The topological polar surface area (TPSA) is 42.1 Å². The number of aromatic nitrogens is 1. The first-order valence-corrected chi connectivity index (χ1v) is 7.80. The molecule has 0 aromatic carbocycles. The average Bonchev–Trinajstić information content (AvgIpc) is 2.90. The Hall–Kier alpha value is -1.46. The SMILES string of the molecule is Cc1ccc(C(N)=S)c(N(C)C(C)Cc2cccs2)n1. The van der Waals surface area contributed by atoms with Crippen molar-refractivity contribution in [2.75, 3.05) is 11.9 Å². The minimum absolute atomic E-state index is 0.330. The van der Waals surface area contributed by atoms with E-state index >= 15 is 0 Å². The van der Waals surface area contributed by atoms with Gasteiger partial charge in [0.25, 0.3) is 0 Å². The van der Waals surface area contributed by atoms with Gasteiger partial charge >= 0.3 is 0 Å². The fraction of sp³-hybridized carbons (Fsp3) is 0.333. The first-order valence-electron chi connectivity index (χ1n) is 6.51. The summed E-state index contributed by atoms with van der Waals surface area (Å²) >= 11 is 6.91. The Kier molecular flexibility index (Phi) is 4.73. The average molecular weight is 305 g/mol. The van der Waals surface area contributed by atoms with Gasteiger partial charge in [0.15, 0.2) is 0 Å². The van der Waals surface area contributed by atoms with Gasteiger partial charge in [0.05, 0.1) is 5.56 Å². The summed E-state index contributed by atoms with van der Waals surface area (Å²) in [5.74, 6) is 0.863. The number of anilines is 1. The van der Waals surface area contributed by atoms with Crippen LogP contribution in [0.4, 0.5) is 5.82 Å². The van der Waals surface area contributed by atoms with Crippen molar-refractivity contribution in [2.45, 2.75) is 26.3 Å². The molecule has 0 radical (unpaired) electrons. The standard InChI is InChI=1S/C15H19N3S2/c1-10-6-7-13(14(16)19)15(17-10)18(3)11(2)9-12-5-4-8-20-12/h4-8,11H,9H2,1-3H3,(H2,16,19). The Morgan fingerprint density at radius 1 is 1.45 bits per heavy atom. The summed E-state index contributed by atoms with van der Waals surface area (Å²) in [6, 6.07) is 8.46. The van der Waals surface area contributed by atoms with Crippen LogP contribution in [0.1, 0.15) is 23.1 Å². The van der Waals surface area contributed by atoms with Gasteiger partial charge in [0.1, 0.15) is 10.8 Å². The molecular formula is C15H19N3S2. The van der Waals surface area contributed by atoms with Gasteiger partial charge < -0.3 is 10.6 Å². The molecular weight excluding hydrogens is 286 g/mol. The van der Waals surface area contributed by atoms with Crippen LogP contribution in [0.25, 0.3) is 0 Å². The Morgan fingerprint density at radius 3 is 2.80 bits per heavy atom. The lowest BCUT2D eigenvalue weighted by Gasteiger charge is -2.27. The maximum absolute atomic E-state index is 5.81. The summed E-state index contributed by atoms with van der Waals surface area (Å²) in [7, 11) is 2.04. The molecule has 106 valence electrons. The molecule has 2 aromatic heterocycles. The van der Waals surface area contributed by atoms with E-state index in [1.54, 1.807) is 11.3 Å².